The molecule has 1 fully saturated rings. The molecule has 1 saturated heterocycles. The summed E-state index contributed by atoms with van der Waals surface area (Å²) in [6.07, 6.45) is 2.64. The molecule has 2 aromatic rings. The normalized spacial score (nSPS) is 14.9. The third-order valence-corrected chi connectivity index (χ3v) is 7.39. The predicted molar refractivity (Wildman–Crippen MR) is 117 cm³/mol. The van der Waals surface area contributed by atoms with Gasteiger partial charge in [-0.2, -0.15) is 4.31 Å². The number of rotatable bonds is 6. The minimum atomic E-state index is -3.70. The van der Waals surface area contributed by atoms with Crippen molar-refractivity contribution >= 4 is 44.8 Å². The summed E-state index contributed by atoms with van der Waals surface area (Å²) in [5.41, 5.74) is 0.306. The molecule has 7 nitrogen and oxygen atoms in total. The molecular weight excluding hydrogens is 451 g/mol. The molecule has 0 radical (unpaired) electrons. The van der Waals surface area contributed by atoms with E-state index in [4.69, 9.17) is 32.7 Å². The molecule has 0 saturated carbocycles. The molecule has 0 spiro atoms. The number of hydrogen-bond acceptors (Lipinski definition) is 5. The van der Waals surface area contributed by atoms with Crippen molar-refractivity contribution in [2.24, 2.45) is 0 Å². The van der Waals surface area contributed by atoms with E-state index in [9.17, 15) is 13.2 Å². The number of methoxy groups -OCH3 is 2. The van der Waals surface area contributed by atoms with Crippen LogP contribution in [0.2, 0.25) is 10.0 Å². The summed E-state index contributed by atoms with van der Waals surface area (Å²) in [6, 6.07) is 7.13. The van der Waals surface area contributed by atoms with E-state index in [2.05, 4.69) is 5.32 Å². The Labute approximate surface area is 185 Å². The van der Waals surface area contributed by atoms with E-state index in [-0.39, 0.29) is 26.2 Å². The summed E-state index contributed by atoms with van der Waals surface area (Å²) in [7, 11) is -0.769. The predicted octanol–water partition coefficient (Wildman–Crippen LogP) is 4.44. The van der Waals surface area contributed by atoms with Gasteiger partial charge in [-0.3, -0.25) is 4.79 Å². The average Bonchev–Trinajstić information content (AvgIpc) is 2.75. The molecule has 1 N–H and O–H groups in total. The van der Waals surface area contributed by atoms with Crippen molar-refractivity contribution < 1.29 is 22.7 Å². The number of amides is 1. The van der Waals surface area contributed by atoms with Gasteiger partial charge in [-0.05, 0) is 31.0 Å². The van der Waals surface area contributed by atoms with Crippen LogP contribution in [-0.4, -0.2) is 45.9 Å². The van der Waals surface area contributed by atoms with Crippen LogP contribution in [0.4, 0.5) is 5.69 Å². The SMILES string of the molecule is COc1cc(Cl)c(NC(=O)c2cc(S(=O)(=O)N3CCCCC3)ccc2Cl)cc1OC. The lowest BCUT2D eigenvalue weighted by Crippen LogP contribution is -2.35. The van der Waals surface area contributed by atoms with E-state index in [1.54, 1.807) is 0 Å². The van der Waals surface area contributed by atoms with Gasteiger partial charge in [-0.15, -0.1) is 0 Å². The van der Waals surface area contributed by atoms with Gasteiger partial charge in [-0.1, -0.05) is 29.6 Å². The Balaban J connectivity index is 1.91. The molecule has 3 rings (SSSR count). The number of hydrogen-bond donors (Lipinski definition) is 1. The first kappa shape index (κ1) is 22.7. The summed E-state index contributed by atoms with van der Waals surface area (Å²) < 4.78 is 37.7. The highest BCUT2D eigenvalue weighted by Gasteiger charge is 2.27. The molecule has 0 aliphatic carbocycles. The van der Waals surface area contributed by atoms with E-state index in [0.717, 1.165) is 19.3 Å². The van der Waals surface area contributed by atoms with Crippen molar-refractivity contribution in [1.82, 2.24) is 4.31 Å². The number of nitrogens with one attached hydrogen (secondary N) is 1. The fourth-order valence-electron chi connectivity index (χ4n) is 3.23. The molecular formula is C20H22Cl2N2O5S. The van der Waals surface area contributed by atoms with Gasteiger partial charge >= 0.3 is 0 Å². The minimum Gasteiger partial charge on any atom is -0.493 e. The zero-order valence-electron chi connectivity index (χ0n) is 16.6. The summed E-state index contributed by atoms with van der Waals surface area (Å²) in [5, 5.41) is 3.01. The quantitative estimate of drug-likeness (QED) is 0.671. The molecule has 1 amide bonds. The molecule has 1 heterocycles. The molecule has 0 bridgehead atoms. The first-order chi connectivity index (χ1) is 14.3. The van der Waals surface area contributed by atoms with E-state index in [0.29, 0.717) is 24.6 Å². The first-order valence-corrected chi connectivity index (χ1v) is 11.5. The Hall–Kier alpha value is -2.00. The summed E-state index contributed by atoms with van der Waals surface area (Å²) in [5.74, 6) is 0.197. The van der Waals surface area contributed by atoms with Crippen LogP contribution in [0.15, 0.2) is 35.2 Å². The van der Waals surface area contributed by atoms with Crippen LogP contribution >= 0.6 is 23.2 Å². The lowest BCUT2D eigenvalue weighted by Gasteiger charge is -2.26. The second-order valence-corrected chi connectivity index (χ2v) is 9.50. The smallest absolute Gasteiger partial charge is 0.257 e. The number of anilines is 1. The van der Waals surface area contributed by atoms with Crippen molar-refractivity contribution in [3.63, 3.8) is 0 Å². The second-order valence-electron chi connectivity index (χ2n) is 6.75. The summed E-state index contributed by atoms with van der Waals surface area (Å²) >= 11 is 12.4. The van der Waals surface area contributed by atoms with Gasteiger partial charge in [0.15, 0.2) is 11.5 Å². The number of carbonyl (C=O) groups excluding carboxylic acids is 1. The van der Waals surface area contributed by atoms with Gasteiger partial charge in [0.2, 0.25) is 10.0 Å². The first-order valence-electron chi connectivity index (χ1n) is 9.30. The molecule has 30 heavy (non-hydrogen) atoms. The molecule has 1 aliphatic rings. The van der Waals surface area contributed by atoms with Crippen molar-refractivity contribution in [3.8, 4) is 11.5 Å². The fourth-order valence-corrected chi connectivity index (χ4v) is 5.18. The third-order valence-electron chi connectivity index (χ3n) is 4.86. The van der Waals surface area contributed by atoms with Gasteiger partial charge < -0.3 is 14.8 Å². The van der Waals surface area contributed by atoms with Crippen LogP contribution in [0.1, 0.15) is 29.6 Å². The van der Waals surface area contributed by atoms with Crippen molar-refractivity contribution in [1.29, 1.82) is 0 Å². The maximum Gasteiger partial charge on any atom is 0.257 e. The van der Waals surface area contributed by atoms with E-state index in [1.807, 2.05) is 0 Å². The molecule has 162 valence electrons. The number of carbonyl (C=O) groups is 1. The highest BCUT2D eigenvalue weighted by Crippen LogP contribution is 2.36. The maximum atomic E-state index is 12.9. The Morgan fingerprint density at radius 2 is 1.60 bits per heavy atom. The van der Waals surface area contributed by atoms with Crippen LogP contribution in [0.25, 0.3) is 0 Å². The number of piperidine rings is 1. The second kappa shape index (κ2) is 9.43. The summed E-state index contributed by atoms with van der Waals surface area (Å²) in [6.45, 7) is 0.932. The molecule has 0 aromatic heterocycles. The zero-order chi connectivity index (χ0) is 21.9. The van der Waals surface area contributed by atoms with Crippen molar-refractivity contribution in [3.05, 3.63) is 45.9 Å². The maximum absolute atomic E-state index is 12.9. The lowest BCUT2D eigenvalue weighted by molar-refractivity contribution is 0.102. The van der Waals surface area contributed by atoms with Crippen LogP contribution < -0.4 is 14.8 Å². The van der Waals surface area contributed by atoms with Crippen molar-refractivity contribution in [2.45, 2.75) is 24.2 Å². The number of sulfonamides is 1. The standard InChI is InChI=1S/C20H22Cl2N2O5S/c1-28-18-11-16(22)17(12-19(18)29-2)23-20(25)14-10-13(6-7-15(14)21)30(26,27)24-8-4-3-5-9-24/h6-7,10-12H,3-5,8-9H2,1-2H3,(H,23,25). The monoisotopic (exact) mass is 472 g/mol. The van der Waals surface area contributed by atoms with Gasteiger partial charge in [0, 0.05) is 25.2 Å². The van der Waals surface area contributed by atoms with Gasteiger partial charge in [-0.25, -0.2) is 8.42 Å². The van der Waals surface area contributed by atoms with Gasteiger partial charge in [0.1, 0.15) is 0 Å². The third kappa shape index (κ3) is 4.67. The van der Waals surface area contributed by atoms with Crippen LogP contribution in [0.3, 0.4) is 0 Å². The number of benzene rings is 2. The van der Waals surface area contributed by atoms with Crippen LogP contribution in [0, 0.1) is 0 Å². The van der Waals surface area contributed by atoms with Gasteiger partial charge in [0.05, 0.1) is 40.4 Å². The van der Waals surface area contributed by atoms with Crippen molar-refractivity contribution in [2.75, 3.05) is 32.6 Å². The summed E-state index contributed by atoms with van der Waals surface area (Å²) in [4.78, 5) is 12.9. The lowest BCUT2D eigenvalue weighted by atomic mass is 10.2. The Bertz CT molecular complexity index is 1050. The number of nitrogens with zero attached hydrogens (tertiary/aromatic N) is 1. The minimum absolute atomic E-state index is 0.0253. The molecule has 1 aliphatic heterocycles. The van der Waals surface area contributed by atoms with Crippen LogP contribution in [0.5, 0.6) is 11.5 Å². The highest BCUT2D eigenvalue weighted by molar-refractivity contribution is 7.89. The Kier molecular flexibility index (Phi) is 7.13. The average molecular weight is 473 g/mol. The van der Waals surface area contributed by atoms with Crippen LogP contribution in [-0.2, 0) is 10.0 Å². The van der Waals surface area contributed by atoms with E-state index >= 15 is 0 Å². The topological polar surface area (TPSA) is 84.9 Å². The van der Waals surface area contributed by atoms with E-state index in [1.165, 1.54) is 48.9 Å². The highest BCUT2D eigenvalue weighted by atomic mass is 35.5. The molecule has 10 heteroatoms. The largest absolute Gasteiger partial charge is 0.493 e. The number of halogens is 2. The molecule has 0 atom stereocenters. The van der Waals surface area contributed by atoms with E-state index < -0.39 is 15.9 Å². The Morgan fingerprint density at radius 3 is 2.23 bits per heavy atom. The molecule has 2 aromatic carbocycles. The zero-order valence-corrected chi connectivity index (χ0v) is 18.9. The van der Waals surface area contributed by atoms with Gasteiger partial charge in [0.25, 0.3) is 5.91 Å². The molecule has 0 unspecified atom stereocenters. The number of ether oxygens (including phenoxy) is 2. The fraction of sp³-hybridized carbons (Fsp3) is 0.350. The Morgan fingerprint density at radius 1 is 0.967 bits per heavy atom.